The highest BCUT2D eigenvalue weighted by Crippen LogP contribution is 2.37. The number of ether oxygens (including phenoxy) is 1. The number of nitriles is 1. The molecule has 1 aliphatic heterocycles. The lowest BCUT2D eigenvalue weighted by molar-refractivity contribution is -0.124. The average Bonchev–Trinajstić information content (AvgIpc) is 2.94. The van der Waals surface area contributed by atoms with Gasteiger partial charge in [-0.3, -0.25) is 14.6 Å². The van der Waals surface area contributed by atoms with Crippen molar-refractivity contribution in [2.24, 2.45) is 0 Å². The van der Waals surface area contributed by atoms with Crippen LogP contribution < -0.4 is 9.64 Å². The van der Waals surface area contributed by atoms with Crippen LogP contribution in [0.25, 0.3) is 5.57 Å². The molecule has 2 amide bonds. The smallest absolute Gasteiger partial charge is 0.265 e. The molecule has 3 aromatic carbocycles. The van der Waals surface area contributed by atoms with E-state index in [-0.39, 0.29) is 5.57 Å². The zero-order valence-corrected chi connectivity index (χ0v) is 21.0. The van der Waals surface area contributed by atoms with Crippen molar-refractivity contribution in [3.05, 3.63) is 131 Å². The van der Waals surface area contributed by atoms with Crippen molar-refractivity contribution in [2.75, 3.05) is 11.5 Å². The summed E-state index contributed by atoms with van der Waals surface area (Å²) in [5, 5.41) is 10.1. The largest absolute Gasteiger partial charge is 0.493 e. The molecular weight excluding hydrogens is 498 g/mol. The van der Waals surface area contributed by atoms with E-state index in [9.17, 15) is 14.9 Å². The van der Waals surface area contributed by atoms with E-state index < -0.39 is 17.7 Å². The predicted octanol–water partition coefficient (Wildman–Crippen LogP) is 5.97. The Bertz CT molecular complexity index is 1560. The molecule has 0 aliphatic carbocycles. The third-order valence-electron chi connectivity index (χ3n) is 6.25. The van der Waals surface area contributed by atoms with Crippen molar-refractivity contribution >= 4 is 34.7 Å². The molecule has 186 valence electrons. The molecule has 2 heterocycles. The maximum Gasteiger partial charge on any atom is 0.265 e. The molecule has 0 fully saturated rings. The van der Waals surface area contributed by atoms with Gasteiger partial charge in [0, 0.05) is 28.8 Å². The first-order valence-electron chi connectivity index (χ1n) is 12.0. The lowest BCUT2D eigenvalue weighted by Crippen LogP contribution is -2.43. The molecule has 4 aromatic rings. The molecule has 0 saturated heterocycles. The third-order valence-corrected chi connectivity index (χ3v) is 6.47. The molecular formula is C31H22ClN3O3. The number of rotatable bonds is 7. The third kappa shape index (κ3) is 5.19. The first-order valence-corrected chi connectivity index (χ1v) is 12.4. The summed E-state index contributed by atoms with van der Waals surface area (Å²) in [6.07, 6.45) is 5.34. The molecule has 1 atom stereocenters. The van der Waals surface area contributed by atoms with Crippen molar-refractivity contribution in [1.82, 2.24) is 4.98 Å². The monoisotopic (exact) mass is 519 g/mol. The number of imide groups is 1. The number of amides is 2. The van der Waals surface area contributed by atoms with E-state index in [2.05, 4.69) is 11.1 Å². The van der Waals surface area contributed by atoms with Gasteiger partial charge in [-0.15, -0.1) is 0 Å². The van der Waals surface area contributed by atoms with E-state index in [1.165, 1.54) is 6.20 Å². The quantitative estimate of drug-likeness (QED) is 0.281. The van der Waals surface area contributed by atoms with Crippen molar-refractivity contribution in [1.29, 1.82) is 5.26 Å². The summed E-state index contributed by atoms with van der Waals surface area (Å²) in [5.74, 6) is -1.29. The van der Waals surface area contributed by atoms with Gasteiger partial charge in [-0.05, 0) is 47.5 Å². The van der Waals surface area contributed by atoms with Crippen LogP contribution >= 0.6 is 11.6 Å². The maximum atomic E-state index is 13.8. The summed E-state index contributed by atoms with van der Waals surface area (Å²) in [6, 6.07) is 27.4. The Balaban J connectivity index is 1.54. The van der Waals surface area contributed by atoms with Crippen LogP contribution in [0.5, 0.6) is 5.75 Å². The molecule has 1 aliphatic rings. The van der Waals surface area contributed by atoms with Gasteiger partial charge in [0.15, 0.2) is 0 Å². The van der Waals surface area contributed by atoms with Gasteiger partial charge in [-0.2, -0.15) is 5.26 Å². The van der Waals surface area contributed by atoms with E-state index in [1.54, 1.807) is 66.9 Å². The number of anilines is 1. The van der Waals surface area contributed by atoms with Gasteiger partial charge in [0.25, 0.3) is 5.91 Å². The molecule has 5 rings (SSSR count). The summed E-state index contributed by atoms with van der Waals surface area (Å²) in [5.41, 5.74) is 3.10. The second-order valence-electron chi connectivity index (χ2n) is 8.71. The van der Waals surface area contributed by atoms with Crippen LogP contribution in [0.4, 0.5) is 5.69 Å². The van der Waals surface area contributed by atoms with Gasteiger partial charge in [-0.1, -0.05) is 66.2 Å². The second kappa shape index (κ2) is 11.1. The standard InChI is InChI=1S/C31H22ClN3O3/c32-24-15-23(16-26(17-24)38-14-12-21-7-2-1-3-8-21)28-18-29(27-11-5-4-9-22(27)19-33)31(37)35(30(28)36)25-10-6-13-34-20-25/h1-11,13,15-18,20,28H,12,14H2. The molecule has 0 radical (unpaired) electrons. The van der Waals surface area contributed by atoms with Crippen molar-refractivity contribution in [3.63, 3.8) is 0 Å². The van der Waals surface area contributed by atoms with Crippen LogP contribution in [-0.4, -0.2) is 23.4 Å². The summed E-state index contributed by atoms with van der Waals surface area (Å²) in [4.78, 5) is 32.6. The fraction of sp³-hybridized carbons (Fsp3) is 0.0968. The highest BCUT2D eigenvalue weighted by molar-refractivity contribution is 6.38. The van der Waals surface area contributed by atoms with Gasteiger partial charge in [0.1, 0.15) is 5.75 Å². The fourth-order valence-corrected chi connectivity index (χ4v) is 4.67. The molecule has 7 heteroatoms. The minimum atomic E-state index is -0.843. The number of hydrogen-bond acceptors (Lipinski definition) is 5. The molecule has 0 saturated carbocycles. The molecule has 1 unspecified atom stereocenters. The number of halogens is 1. The highest BCUT2D eigenvalue weighted by Gasteiger charge is 2.38. The first kappa shape index (κ1) is 24.9. The van der Waals surface area contributed by atoms with Crippen molar-refractivity contribution in [3.8, 4) is 11.8 Å². The van der Waals surface area contributed by atoms with Gasteiger partial charge in [0.05, 0.1) is 36.0 Å². The normalized spacial score (nSPS) is 15.1. The minimum absolute atomic E-state index is 0.252. The van der Waals surface area contributed by atoms with E-state index >= 15 is 0 Å². The number of carbonyl (C=O) groups excluding carboxylic acids is 2. The number of aromatic nitrogens is 1. The molecule has 0 bridgehead atoms. The Kier molecular flexibility index (Phi) is 7.30. The van der Waals surface area contributed by atoms with Gasteiger partial charge in [-0.25, -0.2) is 4.90 Å². The summed E-state index contributed by atoms with van der Waals surface area (Å²) in [7, 11) is 0. The second-order valence-corrected chi connectivity index (χ2v) is 9.15. The molecule has 0 spiro atoms. The maximum absolute atomic E-state index is 13.8. The van der Waals surface area contributed by atoms with E-state index in [4.69, 9.17) is 16.3 Å². The lowest BCUT2D eigenvalue weighted by atomic mass is 9.87. The van der Waals surface area contributed by atoms with Crippen LogP contribution in [0, 0.1) is 11.3 Å². The molecule has 0 N–H and O–H groups in total. The number of hydrogen-bond donors (Lipinski definition) is 0. The SMILES string of the molecule is N#Cc1ccccc1C1=CC(c2cc(Cl)cc(OCCc3ccccc3)c2)C(=O)N(c2cccnc2)C1=O. The van der Waals surface area contributed by atoms with Crippen molar-refractivity contribution < 1.29 is 14.3 Å². The predicted molar refractivity (Wildman–Crippen MR) is 146 cm³/mol. The number of nitrogens with zero attached hydrogens (tertiary/aromatic N) is 3. The number of carbonyl (C=O) groups is 2. The lowest BCUT2D eigenvalue weighted by Gasteiger charge is -2.30. The summed E-state index contributed by atoms with van der Waals surface area (Å²) < 4.78 is 5.99. The Morgan fingerprint density at radius 2 is 1.76 bits per heavy atom. The topological polar surface area (TPSA) is 83.3 Å². The van der Waals surface area contributed by atoms with E-state index in [0.717, 1.165) is 10.5 Å². The summed E-state index contributed by atoms with van der Waals surface area (Å²) in [6.45, 7) is 0.430. The molecule has 1 aromatic heterocycles. The Morgan fingerprint density at radius 3 is 2.53 bits per heavy atom. The van der Waals surface area contributed by atoms with E-state index in [1.807, 2.05) is 30.3 Å². The van der Waals surface area contributed by atoms with Crippen molar-refractivity contribution in [2.45, 2.75) is 12.3 Å². The van der Waals surface area contributed by atoms with Crippen LogP contribution in [-0.2, 0) is 16.0 Å². The Hall–Kier alpha value is -4.73. The van der Waals surface area contributed by atoms with Crippen LogP contribution in [0.3, 0.4) is 0 Å². The first-order chi connectivity index (χ1) is 18.5. The highest BCUT2D eigenvalue weighted by atomic mass is 35.5. The van der Waals surface area contributed by atoms with Crippen LogP contribution in [0.2, 0.25) is 5.02 Å². The Labute approximate surface area is 225 Å². The molecule has 6 nitrogen and oxygen atoms in total. The summed E-state index contributed by atoms with van der Waals surface area (Å²) >= 11 is 6.45. The van der Waals surface area contributed by atoms with Gasteiger partial charge in [0.2, 0.25) is 5.91 Å². The molecule has 38 heavy (non-hydrogen) atoms. The number of pyridine rings is 1. The number of benzene rings is 3. The van der Waals surface area contributed by atoms with Crippen LogP contribution in [0.15, 0.2) is 103 Å². The zero-order chi connectivity index (χ0) is 26.5. The van der Waals surface area contributed by atoms with Gasteiger partial charge < -0.3 is 4.74 Å². The minimum Gasteiger partial charge on any atom is -0.493 e. The zero-order valence-electron chi connectivity index (χ0n) is 20.3. The van der Waals surface area contributed by atoms with Crippen LogP contribution in [0.1, 0.15) is 28.2 Å². The Morgan fingerprint density at radius 1 is 0.974 bits per heavy atom. The van der Waals surface area contributed by atoms with E-state index in [0.29, 0.717) is 46.2 Å². The average molecular weight is 520 g/mol. The fourth-order valence-electron chi connectivity index (χ4n) is 4.44. The van der Waals surface area contributed by atoms with Gasteiger partial charge >= 0.3 is 0 Å².